The van der Waals surface area contributed by atoms with Crippen LogP contribution in [0.25, 0.3) is 0 Å². The van der Waals surface area contributed by atoms with Crippen LogP contribution in [0.4, 0.5) is 0 Å². The highest BCUT2D eigenvalue weighted by Gasteiger charge is 2.33. The van der Waals surface area contributed by atoms with Crippen molar-refractivity contribution in [2.75, 3.05) is 13.6 Å². The summed E-state index contributed by atoms with van der Waals surface area (Å²) in [5.41, 5.74) is 0. The van der Waals surface area contributed by atoms with Crippen molar-refractivity contribution in [3.05, 3.63) is 0 Å². The van der Waals surface area contributed by atoms with Crippen molar-refractivity contribution in [3.63, 3.8) is 0 Å². The smallest absolute Gasteiger partial charge is 0.0223 e. The van der Waals surface area contributed by atoms with Gasteiger partial charge in [0.2, 0.25) is 0 Å². The predicted octanol–water partition coefficient (Wildman–Crippen LogP) is 2.74. The van der Waals surface area contributed by atoms with Crippen LogP contribution in [-0.2, 0) is 0 Å². The predicted molar refractivity (Wildman–Crippen MR) is 71.7 cm³/mol. The molecule has 0 aromatic heterocycles. The second-order valence-corrected chi connectivity index (χ2v) is 5.80. The van der Waals surface area contributed by atoms with Gasteiger partial charge in [0.05, 0.1) is 0 Å². The first kappa shape index (κ1) is 14.0. The Morgan fingerprint density at radius 3 is 2.44 bits per heavy atom. The summed E-state index contributed by atoms with van der Waals surface area (Å²) in [6.45, 7) is 13.1. The standard InChI is InChI=1S/C14H30N2/c1-7-14(15-6)13(5)16-9-10(2)8-11(3)12(16)4/h10-15H,7-9H2,1-6H3. The van der Waals surface area contributed by atoms with Gasteiger partial charge in [-0.05, 0) is 45.6 Å². The summed E-state index contributed by atoms with van der Waals surface area (Å²) in [6.07, 6.45) is 2.60. The van der Waals surface area contributed by atoms with E-state index in [-0.39, 0.29) is 0 Å². The summed E-state index contributed by atoms with van der Waals surface area (Å²) in [6, 6.07) is 2.00. The van der Waals surface area contributed by atoms with Gasteiger partial charge in [-0.3, -0.25) is 4.90 Å². The molecule has 2 nitrogen and oxygen atoms in total. The Morgan fingerprint density at radius 2 is 1.94 bits per heavy atom. The van der Waals surface area contributed by atoms with Crippen LogP contribution >= 0.6 is 0 Å². The van der Waals surface area contributed by atoms with Gasteiger partial charge in [0, 0.05) is 24.7 Å². The van der Waals surface area contributed by atoms with E-state index in [2.05, 4.69) is 51.9 Å². The zero-order chi connectivity index (χ0) is 12.3. The van der Waals surface area contributed by atoms with Crippen LogP contribution in [0.3, 0.4) is 0 Å². The molecule has 5 unspecified atom stereocenters. The van der Waals surface area contributed by atoms with Gasteiger partial charge in [-0.15, -0.1) is 0 Å². The van der Waals surface area contributed by atoms with Crippen LogP contribution in [0.5, 0.6) is 0 Å². The number of likely N-dealkylation sites (N-methyl/N-ethyl adjacent to an activating group) is 1. The highest BCUT2D eigenvalue weighted by molar-refractivity contribution is 4.89. The van der Waals surface area contributed by atoms with Crippen LogP contribution in [-0.4, -0.2) is 36.6 Å². The summed E-state index contributed by atoms with van der Waals surface area (Å²) < 4.78 is 0. The molecule has 0 saturated carbocycles. The Hall–Kier alpha value is -0.0800. The van der Waals surface area contributed by atoms with Gasteiger partial charge in [-0.25, -0.2) is 0 Å². The maximum Gasteiger partial charge on any atom is 0.0223 e. The summed E-state index contributed by atoms with van der Waals surface area (Å²) in [4.78, 5) is 2.71. The van der Waals surface area contributed by atoms with E-state index >= 15 is 0 Å². The summed E-state index contributed by atoms with van der Waals surface area (Å²) >= 11 is 0. The van der Waals surface area contributed by atoms with Gasteiger partial charge in [0.15, 0.2) is 0 Å². The molecule has 1 rings (SSSR count). The molecule has 0 radical (unpaired) electrons. The van der Waals surface area contributed by atoms with Crippen LogP contribution in [0.1, 0.15) is 47.5 Å². The molecule has 96 valence electrons. The normalized spacial score (nSPS) is 36.0. The van der Waals surface area contributed by atoms with E-state index in [0.29, 0.717) is 12.1 Å². The number of rotatable bonds is 4. The first-order valence-electron chi connectivity index (χ1n) is 6.94. The fourth-order valence-electron chi connectivity index (χ4n) is 3.31. The number of likely N-dealkylation sites (tertiary alicyclic amines) is 1. The van der Waals surface area contributed by atoms with Gasteiger partial charge in [0.1, 0.15) is 0 Å². The Bertz CT molecular complexity index is 201. The molecule has 1 aliphatic rings. The van der Waals surface area contributed by atoms with Crippen molar-refractivity contribution in [2.45, 2.75) is 65.6 Å². The number of nitrogens with zero attached hydrogens (tertiary/aromatic N) is 1. The van der Waals surface area contributed by atoms with Crippen LogP contribution in [0.2, 0.25) is 0 Å². The van der Waals surface area contributed by atoms with E-state index in [1.54, 1.807) is 0 Å². The molecule has 1 aliphatic heterocycles. The maximum atomic E-state index is 3.46. The topological polar surface area (TPSA) is 15.3 Å². The molecule has 0 aromatic carbocycles. The Morgan fingerprint density at radius 1 is 1.31 bits per heavy atom. The second kappa shape index (κ2) is 6.02. The van der Waals surface area contributed by atoms with E-state index in [4.69, 9.17) is 0 Å². The lowest BCUT2D eigenvalue weighted by molar-refractivity contribution is 0.0324. The quantitative estimate of drug-likeness (QED) is 0.793. The lowest BCUT2D eigenvalue weighted by Gasteiger charge is -2.46. The molecule has 1 N–H and O–H groups in total. The number of hydrogen-bond acceptors (Lipinski definition) is 2. The Balaban J connectivity index is 2.68. The third-order valence-electron chi connectivity index (χ3n) is 4.56. The molecule has 5 atom stereocenters. The van der Waals surface area contributed by atoms with Crippen molar-refractivity contribution in [1.29, 1.82) is 0 Å². The number of nitrogens with one attached hydrogen (secondary N) is 1. The molecule has 1 saturated heterocycles. The lowest BCUT2D eigenvalue weighted by atomic mass is 9.84. The van der Waals surface area contributed by atoms with E-state index in [0.717, 1.165) is 17.9 Å². The maximum absolute atomic E-state index is 3.46. The van der Waals surface area contributed by atoms with Gasteiger partial charge >= 0.3 is 0 Å². The van der Waals surface area contributed by atoms with E-state index in [9.17, 15) is 0 Å². The minimum atomic E-state index is 0.625. The minimum absolute atomic E-state index is 0.625. The number of hydrogen-bond donors (Lipinski definition) is 1. The minimum Gasteiger partial charge on any atom is -0.315 e. The van der Waals surface area contributed by atoms with Crippen molar-refractivity contribution in [3.8, 4) is 0 Å². The third kappa shape index (κ3) is 2.98. The fraction of sp³-hybridized carbons (Fsp3) is 1.00. The molecule has 2 heteroatoms. The summed E-state index contributed by atoms with van der Waals surface area (Å²) in [5, 5.41) is 3.46. The molecule has 1 heterocycles. The fourth-order valence-corrected chi connectivity index (χ4v) is 3.31. The SMILES string of the molecule is CCC(NC)C(C)N1CC(C)CC(C)C1C. The van der Waals surface area contributed by atoms with Crippen molar-refractivity contribution >= 4 is 0 Å². The average molecular weight is 226 g/mol. The Labute approximate surface area is 102 Å². The molecule has 16 heavy (non-hydrogen) atoms. The molecular formula is C14H30N2. The van der Waals surface area contributed by atoms with E-state index in [1.807, 2.05) is 0 Å². The highest BCUT2D eigenvalue weighted by atomic mass is 15.2. The number of piperidine rings is 1. The van der Waals surface area contributed by atoms with Gasteiger partial charge in [-0.1, -0.05) is 20.8 Å². The van der Waals surface area contributed by atoms with Crippen LogP contribution in [0.15, 0.2) is 0 Å². The molecule has 0 bridgehead atoms. The van der Waals surface area contributed by atoms with Gasteiger partial charge in [0.25, 0.3) is 0 Å². The molecule has 0 aromatic rings. The van der Waals surface area contributed by atoms with Crippen molar-refractivity contribution in [1.82, 2.24) is 10.2 Å². The zero-order valence-corrected chi connectivity index (χ0v) is 12.0. The van der Waals surface area contributed by atoms with Crippen LogP contribution in [0, 0.1) is 11.8 Å². The molecule has 0 aliphatic carbocycles. The lowest BCUT2D eigenvalue weighted by Crippen LogP contribution is -2.55. The third-order valence-corrected chi connectivity index (χ3v) is 4.56. The van der Waals surface area contributed by atoms with Crippen LogP contribution < -0.4 is 5.32 Å². The van der Waals surface area contributed by atoms with E-state index in [1.165, 1.54) is 19.4 Å². The van der Waals surface area contributed by atoms with Gasteiger partial charge in [-0.2, -0.15) is 0 Å². The largest absolute Gasteiger partial charge is 0.315 e. The first-order valence-corrected chi connectivity index (χ1v) is 6.94. The van der Waals surface area contributed by atoms with Crippen molar-refractivity contribution in [2.24, 2.45) is 11.8 Å². The van der Waals surface area contributed by atoms with E-state index < -0.39 is 0 Å². The summed E-state index contributed by atoms with van der Waals surface area (Å²) in [5.74, 6) is 1.68. The summed E-state index contributed by atoms with van der Waals surface area (Å²) in [7, 11) is 2.09. The average Bonchev–Trinajstić information content (AvgIpc) is 2.24. The molecule has 1 fully saturated rings. The highest BCUT2D eigenvalue weighted by Crippen LogP contribution is 2.29. The molecular weight excluding hydrogens is 196 g/mol. The molecule has 0 amide bonds. The zero-order valence-electron chi connectivity index (χ0n) is 12.0. The Kier molecular flexibility index (Phi) is 5.26. The molecule has 0 spiro atoms. The van der Waals surface area contributed by atoms with Crippen molar-refractivity contribution < 1.29 is 0 Å². The monoisotopic (exact) mass is 226 g/mol. The second-order valence-electron chi connectivity index (χ2n) is 5.80. The first-order chi connectivity index (χ1) is 7.51. The van der Waals surface area contributed by atoms with Gasteiger partial charge < -0.3 is 5.32 Å².